The minimum atomic E-state index is -0.178. The van der Waals surface area contributed by atoms with E-state index in [-0.39, 0.29) is 17.7 Å². The summed E-state index contributed by atoms with van der Waals surface area (Å²) in [6.07, 6.45) is 3.52. The molecule has 0 aromatic carbocycles. The minimum Gasteiger partial charge on any atom is -0.479 e. The molecule has 1 fully saturated rings. The largest absolute Gasteiger partial charge is 0.479 e. The Labute approximate surface area is 128 Å². The van der Waals surface area contributed by atoms with Crippen molar-refractivity contribution < 1.29 is 14.1 Å². The Kier molecular flexibility index (Phi) is 4.10. The monoisotopic (exact) mass is 305 g/mol. The molecule has 0 radical (unpaired) electrons. The normalized spacial score (nSPS) is 19.4. The van der Waals surface area contributed by atoms with Gasteiger partial charge in [-0.2, -0.15) is 0 Å². The minimum absolute atomic E-state index is 0.0579. The number of nitrogens with zero attached hydrogens (tertiary/aromatic N) is 4. The van der Waals surface area contributed by atoms with Crippen LogP contribution >= 0.6 is 0 Å². The van der Waals surface area contributed by atoms with Crippen LogP contribution in [-0.2, 0) is 0 Å². The Hall–Kier alpha value is -2.35. The maximum Gasteiger partial charge on any atom is 0.292 e. The molecule has 118 valence electrons. The number of carbonyl (C=O) groups is 1. The van der Waals surface area contributed by atoms with Gasteiger partial charge in [-0.15, -0.1) is 0 Å². The number of piperazine rings is 1. The van der Waals surface area contributed by atoms with Crippen molar-refractivity contribution in [1.82, 2.24) is 24.9 Å². The van der Waals surface area contributed by atoms with Crippen LogP contribution in [0.1, 0.15) is 29.3 Å². The summed E-state index contributed by atoms with van der Waals surface area (Å²) < 4.78 is 9.99. The average Bonchev–Trinajstić information content (AvgIpc) is 3.24. The van der Waals surface area contributed by atoms with Gasteiger partial charge in [-0.1, -0.05) is 6.92 Å². The zero-order valence-corrected chi connectivity index (χ0v) is 12.7. The van der Waals surface area contributed by atoms with Crippen molar-refractivity contribution in [2.45, 2.75) is 13.0 Å². The van der Waals surface area contributed by atoms with Crippen molar-refractivity contribution in [1.29, 1.82) is 0 Å². The molecule has 1 N–H and O–H groups in total. The average molecular weight is 305 g/mol. The number of likely N-dealkylation sites (N-methyl/N-ethyl adjacent to an activating group) is 1. The SMILES string of the molecule is CCN1CCN(C(=O)c2cc(OC)no2)C[C@H]1c1ncc[nH]1. The fourth-order valence-electron chi connectivity index (χ4n) is 2.71. The van der Waals surface area contributed by atoms with E-state index >= 15 is 0 Å². The summed E-state index contributed by atoms with van der Waals surface area (Å²) in [4.78, 5) is 24.1. The van der Waals surface area contributed by atoms with Gasteiger partial charge in [-0.05, 0) is 11.7 Å². The number of hydrogen-bond acceptors (Lipinski definition) is 6. The van der Waals surface area contributed by atoms with E-state index in [1.807, 2.05) is 0 Å². The number of amides is 1. The lowest BCUT2D eigenvalue weighted by Gasteiger charge is -2.39. The predicted octanol–water partition coefficient (Wildman–Crippen LogP) is 0.925. The van der Waals surface area contributed by atoms with Gasteiger partial charge in [0.2, 0.25) is 5.76 Å². The molecule has 1 saturated heterocycles. The molecular formula is C14H19N5O3. The van der Waals surface area contributed by atoms with E-state index in [2.05, 4.69) is 26.9 Å². The first kappa shape index (κ1) is 14.6. The molecule has 1 atom stereocenters. The molecule has 0 unspecified atom stereocenters. The summed E-state index contributed by atoms with van der Waals surface area (Å²) in [6, 6.07) is 1.57. The third-order valence-electron chi connectivity index (χ3n) is 3.93. The highest BCUT2D eigenvalue weighted by atomic mass is 16.5. The molecular weight excluding hydrogens is 286 g/mol. The maximum atomic E-state index is 12.5. The third kappa shape index (κ3) is 2.69. The highest BCUT2D eigenvalue weighted by Crippen LogP contribution is 2.24. The molecule has 3 rings (SSSR count). The number of H-pyrrole nitrogens is 1. The Morgan fingerprint density at radius 2 is 2.41 bits per heavy atom. The van der Waals surface area contributed by atoms with Gasteiger partial charge in [0.25, 0.3) is 11.8 Å². The molecule has 22 heavy (non-hydrogen) atoms. The lowest BCUT2D eigenvalue weighted by Crippen LogP contribution is -2.50. The quantitative estimate of drug-likeness (QED) is 0.904. The van der Waals surface area contributed by atoms with Gasteiger partial charge in [-0.3, -0.25) is 9.69 Å². The number of ether oxygens (including phenoxy) is 1. The van der Waals surface area contributed by atoms with Crippen molar-refractivity contribution in [3.8, 4) is 5.88 Å². The van der Waals surface area contributed by atoms with E-state index in [9.17, 15) is 4.79 Å². The maximum absolute atomic E-state index is 12.5. The van der Waals surface area contributed by atoms with Gasteiger partial charge in [0, 0.05) is 32.0 Å². The fraction of sp³-hybridized carbons (Fsp3) is 0.500. The molecule has 1 aliphatic rings. The lowest BCUT2D eigenvalue weighted by molar-refractivity contribution is 0.0445. The molecule has 8 heteroatoms. The van der Waals surface area contributed by atoms with Crippen LogP contribution in [0.25, 0.3) is 0 Å². The van der Waals surface area contributed by atoms with Crippen LogP contribution in [0.5, 0.6) is 5.88 Å². The van der Waals surface area contributed by atoms with Crippen LogP contribution in [0.3, 0.4) is 0 Å². The second-order valence-electron chi connectivity index (χ2n) is 5.10. The van der Waals surface area contributed by atoms with Gasteiger partial charge >= 0.3 is 0 Å². The van der Waals surface area contributed by atoms with Crippen molar-refractivity contribution in [3.63, 3.8) is 0 Å². The molecule has 0 spiro atoms. The van der Waals surface area contributed by atoms with E-state index in [0.29, 0.717) is 19.0 Å². The lowest BCUT2D eigenvalue weighted by atomic mass is 10.1. The molecule has 2 aromatic heterocycles. The summed E-state index contributed by atoms with van der Waals surface area (Å²) in [5, 5.41) is 3.68. The molecule has 0 aliphatic carbocycles. The number of aromatic amines is 1. The molecule has 2 aromatic rings. The number of methoxy groups -OCH3 is 1. The van der Waals surface area contributed by atoms with Crippen molar-refractivity contribution >= 4 is 5.91 Å². The molecule has 8 nitrogen and oxygen atoms in total. The zero-order chi connectivity index (χ0) is 15.5. The number of imidazole rings is 1. The van der Waals surface area contributed by atoms with Crippen molar-refractivity contribution in [2.75, 3.05) is 33.3 Å². The molecule has 3 heterocycles. The smallest absolute Gasteiger partial charge is 0.292 e. The first-order valence-electron chi connectivity index (χ1n) is 7.26. The highest BCUT2D eigenvalue weighted by Gasteiger charge is 2.32. The topological polar surface area (TPSA) is 87.5 Å². The van der Waals surface area contributed by atoms with E-state index in [1.165, 1.54) is 13.2 Å². The summed E-state index contributed by atoms with van der Waals surface area (Å²) in [6.45, 7) is 5.01. The number of carbonyl (C=O) groups excluding carboxylic acids is 1. The van der Waals surface area contributed by atoms with Crippen molar-refractivity contribution in [2.24, 2.45) is 0 Å². The molecule has 0 bridgehead atoms. The Balaban J connectivity index is 1.76. The molecule has 0 saturated carbocycles. The Bertz CT molecular complexity index is 624. The van der Waals surface area contributed by atoms with Gasteiger partial charge in [0.15, 0.2) is 0 Å². The summed E-state index contributed by atoms with van der Waals surface area (Å²) in [7, 11) is 1.49. The first-order valence-corrected chi connectivity index (χ1v) is 7.26. The third-order valence-corrected chi connectivity index (χ3v) is 3.93. The van der Waals surface area contributed by atoms with Crippen LogP contribution in [0, 0.1) is 0 Å². The highest BCUT2D eigenvalue weighted by molar-refractivity contribution is 5.91. The van der Waals surface area contributed by atoms with Crippen molar-refractivity contribution in [3.05, 3.63) is 30.0 Å². The molecule has 1 amide bonds. The predicted molar refractivity (Wildman–Crippen MR) is 77.5 cm³/mol. The molecule has 1 aliphatic heterocycles. The van der Waals surface area contributed by atoms with Crippen LogP contribution in [0.4, 0.5) is 0 Å². The number of aromatic nitrogens is 3. The van der Waals surface area contributed by atoms with Crippen LogP contribution in [-0.4, -0.2) is 64.1 Å². The number of hydrogen-bond donors (Lipinski definition) is 1. The van der Waals surface area contributed by atoms with Crippen LogP contribution in [0.2, 0.25) is 0 Å². The van der Waals surface area contributed by atoms with Crippen LogP contribution in [0.15, 0.2) is 23.0 Å². The zero-order valence-electron chi connectivity index (χ0n) is 12.7. The van der Waals surface area contributed by atoms with E-state index in [4.69, 9.17) is 9.26 Å². The first-order chi connectivity index (χ1) is 10.7. The second-order valence-corrected chi connectivity index (χ2v) is 5.10. The van der Waals surface area contributed by atoms with Gasteiger partial charge in [0.05, 0.1) is 19.2 Å². The van der Waals surface area contributed by atoms with Gasteiger partial charge < -0.3 is 19.1 Å². The summed E-state index contributed by atoms with van der Waals surface area (Å²) in [5.41, 5.74) is 0. The van der Waals surface area contributed by atoms with Crippen LogP contribution < -0.4 is 4.74 Å². The summed E-state index contributed by atoms with van der Waals surface area (Å²) >= 11 is 0. The standard InChI is InChI=1S/C14H19N5O3/c1-3-18-6-7-19(9-10(18)13-15-4-5-16-13)14(20)11-8-12(21-2)17-22-11/h4-5,8,10H,3,6-7,9H2,1-2H3,(H,15,16)/t10-/m0/s1. The fourth-order valence-corrected chi connectivity index (χ4v) is 2.71. The second kappa shape index (κ2) is 6.18. The number of nitrogens with one attached hydrogen (secondary N) is 1. The Morgan fingerprint density at radius 3 is 3.05 bits per heavy atom. The van der Waals surface area contributed by atoms with Gasteiger partial charge in [0.1, 0.15) is 5.82 Å². The van der Waals surface area contributed by atoms with E-state index in [1.54, 1.807) is 17.3 Å². The van der Waals surface area contributed by atoms with E-state index in [0.717, 1.165) is 18.9 Å². The summed E-state index contributed by atoms with van der Waals surface area (Å²) in [5.74, 6) is 1.19. The van der Waals surface area contributed by atoms with Gasteiger partial charge in [-0.25, -0.2) is 4.98 Å². The van der Waals surface area contributed by atoms with E-state index < -0.39 is 0 Å². The number of rotatable bonds is 4. The Morgan fingerprint density at radius 1 is 1.55 bits per heavy atom.